The second-order valence-electron chi connectivity index (χ2n) is 2.92. The number of nitrogens with zero attached hydrogens (tertiary/aromatic N) is 1. The second kappa shape index (κ2) is 3.44. The molecule has 3 heteroatoms. The first-order chi connectivity index (χ1) is 5.90. The lowest BCUT2D eigenvalue weighted by Crippen LogP contribution is -2.00. The van der Waals surface area contributed by atoms with E-state index in [1.165, 1.54) is 12.8 Å². The van der Waals surface area contributed by atoms with Crippen molar-refractivity contribution in [1.29, 1.82) is 0 Å². The smallest absolute Gasteiger partial charge is 0.217 e. The van der Waals surface area contributed by atoms with Crippen molar-refractivity contribution in [3.8, 4) is 5.88 Å². The molecule has 0 spiro atoms. The number of hydrogen-bond donors (Lipinski definition) is 0. The van der Waals surface area contributed by atoms with Crippen molar-refractivity contribution in [2.45, 2.75) is 24.3 Å². The number of halogens is 1. The minimum absolute atomic E-state index is 0.428. The van der Waals surface area contributed by atoms with Crippen molar-refractivity contribution >= 4 is 15.9 Å². The van der Waals surface area contributed by atoms with E-state index in [0.29, 0.717) is 6.10 Å². The van der Waals surface area contributed by atoms with Crippen LogP contribution in [0, 0.1) is 0 Å². The fourth-order valence-corrected chi connectivity index (χ4v) is 1.40. The third-order valence-electron chi connectivity index (χ3n) is 1.80. The van der Waals surface area contributed by atoms with Crippen LogP contribution in [0.25, 0.3) is 0 Å². The summed E-state index contributed by atoms with van der Waals surface area (Å²) in [7, 11) is 0. The molecular formula is C9H10BrNO. The van der Waals surface area contributed by atoms with E-state index in [1.807, 2.05) is 12.1 Å². The van der Waals surface area contributed by atoms with Crippen LogP contribution in [0.2, 0.25) is 0 Å². The average molecular weight is 228 g/mol. The Morgan fingerprint density at radius 3 is 3.08 bits per heavy atom. The highest BCUT2D eigenvalue weighted by atomic mass is 79.9. The third kappa shape index (κ3) is 1.78. The first-order valence-electron chi connectivity index (χ1n) is 4.06. The molecule has 0 unspecified atom stereocenters. The molecular weight excluding hydrogens is 218 g/mol. The van der Waals surface area contributed by atoms with Gasteiger partial charge in [0.15, 0.2) is 0 Å². The Hall–Kier alpha value is -0.570. The van der Waals surface area contributed by atoms with Crippen LogP contribution in [0.5, 0.6) is 5.88 Å². The summed E-state index contributed by atoms with van der Waals surface area (Å²) >= 11 is 3.40. The van der Waals surface area contributed by atoms with E-state index in [4.69, 9.17) is 4.74 Å². The molecule has 1 saturated carbocycles. The highest BCUT2D eigenvalue weighted by Gasteiger charge is 2.24. The number of rotatable bonds is 3. The predicted octanol–water partition coefficient (Wildman–Crippen LogP) is 2.52. The number of hydrogen-bond acceptors (Lipinski definition) is 2. The van der Waals surface area contributed by atoms with Crippen LogP contribution >= 0.6 is 15.9 Å². The van der Waals surface area contributed by atoms with Gasteiger partial charge in [-0.25, -0.2) is 4.98 Å². The Labute approximate surface area is 80.1 Å². The summed E-state index contributed by atoms with van der Waals surface area (Å²) < 4.78 is 5.61. The molecule has 1 aromatic rings. The van der Waals surface area contributed by atoms with Gasteiger partial charge in [0.05, 0.1) is 0 Å². The summed E-state index contributed by atoms with van der Waals surface area (Å²) in [4.78, 5) is 4.18. The zero-order valence-corrected chi connectivity index (χ0v) is 8.25. The van der Waals surface area contributed by atoms with Crippen molar-refractivity contribution in [2.24, 2.45) is 0 Å². The fraction of sp³-hybridized carbons (Fsp3) is 0.444. The molecule has 64 valence electrons. The summed E-state index contributed by atoms with van der Waals surface area (Å²) in [5, 5.41) is 0.808. The van der Waals surface area contributed by atoms with Crippen LogP contribution in [0.3, 0.4) is 0 Å². The molecule has 2 nitrogen and oxygen atoms in total. The molecule has 0 amide bonds. The van der Waals surface area contributed by atoms with E-state index in [1.54, 1.807) is 6.20 Å². The van der Waals surface area contributed by atoms with Gasteiger partial charge in [0.1, 0.15) is 6.10 Å². The van der Waals surface area contributed by atoms with E-state index in [0.717, 1.165) is 16.8 Å². The Kier molecular flexibility index (Phi) is 2.30. The van der Waals surface area contributed by atoms with E-state index >= 15 is 0 Å². The minimum atomic E-state index is 0.428. The van der Waals surface area contributed by atoms with Crippen molar-refractivity contribution in [2.75, 3.05) is 0 Å². The standard InChI is InChI=1S/C9H10BrNO/c10-6-7-2-1-5-11-9(7)12-8-3-4-8/h1-2,5,8H,3-4,6H2. The Morgan fingerprint density at radius 1 is 1.58 bits per heavy atom. The molecule has 0 radical (unpaired) electrons. The number of pyridine rings is 1. The van der Waals surface area contributed by atoms with Crippen LogP contribution in [0.1, 0.15) is 18.4 Å². The Bertz CT molecular complexity index is 273. The van der Waals surface area contributed by atoms with Crippen molar-refractivity contribution in [1.82, 2.24) is 4.98 Å². The van der Waals surface area contributed by atoms with Crippen LogP contribution in [0.4, 0.5) is 0 Å². The molecule has 0 aromatic carbocycles. The molecule has 2 rings (SSSR count). The molecule has 0 bridgehead atoms. The summed E-state index contributed by atoms with van der Waals surface area (Å²) in [6.45, 7) is 0. The lowest BCUT2D eigenvalue weighted by molar-refractivity contribution is 0.288. The molecule has 1 aliphatic carbocycles. The molecule has 0 saturated heterocycles. The van der Waals surface area contributed by atoms with Gasteiger partial charge in [-0.1, -0.05) is 22.0 Å². The Balaban J connectivity index is 2.15. The molecule has 1 aromatic heterocycles. The summed E-state index contributed by atoms with van der Waals surface area (Å²) in [5.74, 6) is 0.789. The van der Waals surface area contributed by atoms with Crippen molar-refractivity contribution in [3.63, 3.8) is 0 Å². The van der Waals surface area contributed by atoms with Gasteiger partial charge in [0.2, 0.25) is 5.88 Å². The third-order valence-corrected chi connectivity index (χ3v) is 2.40. The van der Waals surface area contributed by atoms with Crippen LogP contribution in [-0.4, -0.2) is 11.1 Å². The lowest BCUT2D eigenvalue weighted by Gasteiger charge is -2.06. The quantitative estimate of drug-likeness (QED) is 0.741. The van der Waals surface area contributed by atoms with Crippen LogP contribution in [0.15, 0.2) is 18.3 Å². The Morgan fingerprint density at radius 2 is 2.42 bits per heavy atom. The largest absolute Gasteiger partial charge is 0.474 e. The van der Waals surface area contributed by atoms with Crippen molar-refractivity contribution in [3.05, 3.63) is 23.9 Å². The van der Waals surface area contributed by atoms with Gasteiger partial charge in [-0.15, -0.1) is 0 Å². The summed E-state index contributed by atoms with van der Waals surface area (Å²) in [6, 6.07) is 3.95. The van der Waals surface area contributed by atoms with E-state index in [2.05, 4.69) is 20.9 Å². The first kappa shape index (κ1) is 8.05. The van der Waals surface area contributed by atoms with Gasteiger partial charge in [0.25, 0.3) is 0 Å². The second-order valence-corrected chi connectivity index (χ2v) is 3.48. The van der Waals surface area contributed by atoms with Gasteiger partial charge in [-0.3, -0.25) is 0 Å². The molecule has 0 N–H and O–H groups in total. The molecule has 1 heterocycles. The van der Waals surface area contributed by atoms with Gasteiger partial charge in [-0.2, -0.15) is 0 Å². The molecule has 12 heavy (non-hydrogen) atoms. The molecule has 1 aliphatic rings. The maximum atomic E-state index is 5.61. The van der Waals surface area contributed by atoms with Crippen LogP contribution < -0.4 is 4.74 Å². The predicted molar refractivity (Wildman–Crippen MR) is 50.5 cm³/mol. The number of alkyl halides is 1. The van der Waals surface area contributed by atoms with E-state index in [-0.39, 0.29) is 0 Å². The zero-order valence-electron chi connectivity index (χ0n) is 6.66. The summed E-state index contributed by atoms with van der Waals surface area (Å²) in [6.07, 6.45) is 4.55. The zero-order chi connectivity index (χ0) is 8.39. The normalized spacial score (nSPS) is 16.1. The highest BCUT2D eigenvalue weighted by molar-refractivity contribution is 9.08. The topological polar surface area (TPSA) is 22.1 Å². The lowest BCUT2D eigenvalue weighted by atomic mass is 10.3. The first-order valence-corrected chi connectivity index (χ1v) is 5.19. The molecule has 0 aliphatic heterocycles. The number of ether oxygens (including phenoxy) is 1. The van der Waals surface area contributed by atoms with Gasteiger partial charge < -0.3 is 4.74 Å². The molecule has 1 fully saturated rings. The monoisotopic (exact) mass is 227 g/mol. The maximum absolute atomic E-state index is 5.61. The van der Waals surface area contributed by atoms with Crippen LogP contribution in [-0.2, 0) is 5.33 Å². The number of aromatic nitrogens is 1. The SMILES string of the molecule is BrCc1cccnc1OC1CC1. The molecule has 0 atom stereocenters. The average Bonchev–Trinajstić information content (AvgIpc) is 2.89. The van der Waals surface area contributed by atoms with Gasteiger partial charge in [-0.05, 0) is 18.9 Å². The fourth-order valence-electron chi connectivity index (χ4n) is 0.976. The van der Waals surface area contributed by atoms with E-state index in [9.17, 15) is 0 Å². The van der Waals surface area contributed by atoms with E-state index < -0.39 is 0 Å². The minimum Gasteiger partial charge on any atom is -0.474 e. The maximum Gasteiger partial charge on any atom is 0.217 e. The van der Waals surface area contributed by atoms with Gasteiger partial charge in [0, 0.05) is 17.1 Å². The summed E-state index contributed by atoms with van der Waals surface area (Å²) in [5.41, 5.74) is 1.13. The van der Waals surface area contributed by atoms with Crippen molar-refractivity contribution < 1.29 is 4.74 Å². The highest BCUT2D eigenvalue weighted by Crippen LogP contribution is 2.28. The van der Waals surface area contributed by atoms with Gasteiger partial charge >= 0.3 is 0 Å².